The summed E-state index contributed by atoms with van der Waals surface area (Å²) in [7, 11) is 1.98. The highest BCUT2D eigenvalue weighted by molar-refractivity contribution is 6.31. The highest BCUT2D eigenvalue weighted by Crippen LogP contribution is 2.23. The van der Waals surface area contributed by atoms with E-state index in [2.05, 4.69) is 29.2 Å². The molecule has 1 aromatic rings. The smallest absolute Gasteiger partial charge is 0.0863 e. The van der Waals surface area contributed by atoms with Gasteiger partial charge in [-0.15, -0.1) is 0 Å². The molecule has 1 atom stereocenters. The molecule has 0 radical (unpaired) electrons. The molecule has 0 amide bonds. The fraction of sp³-hybridized carbons (Fsp3) is 0.750. The van der Waals surface area contributed by atoms with Gasteiger partial charge in [0.2, 0.25) is 0 Å². The molecule has 2 heterocycles. The van der Waals surface area contributed by atoms with Crippen molar-refractivity contribution in [3.63, 3.8) is 0 Å². The summed E-state index contributed by atoms with van der Waals surface area (Å²) < 4.78 is 1.93. The summed E-state index contributed by atoms with van der Waals surface area (Å²) in [6, 6.07) is 0.555. The first-order valence-corrected chi connectivity index (χ1v) is 6.66. The summed E-state index contributed by atoms with van der Waals surface area (Å²) in [5.41, 5.74) is 2.14. The van der Waals surface area contributed by atoms with Crippen molar-refractivity contribution >= 4 is 11.6 Å². The zero-order valence-corrected chi connectivity index (χ0v) is 11.6. The van der Waals surface area contributed by atoms with Gasteiger partial charge in [0.1, 0.15) is 0 Å². The standard InChI is InChI=1S/C12H21ClN4/c1-4-10-12(13)11(16(3)15-10)8-17-6-5-14-7-9(17)2/h9,14H,4-8H2,1-3H3. The van der Waals surface area contributed by atoms with Gasteiger partial charge in [-0.1, -0.05) is 18.5 Å². The molecular weight excluding hydrogens is 236 g/mol. The highest BCUT2D eigenvalue weighted by Gasteiger charge is 2.21. The van der Waals surface area contributed by atoms with Crippen molar-refractivity contribution in [2.45, 2.75) is 32.9 Å². The Labute approximate surface area is 108 Å². The van der Waals surface area contributed by atoms with E-state index in [9.17, 15) is 0 Å². The number of nitrogens with zero attached hydrogens (tertiary/aromatic N) is 3. The molecule has 0 bridgehead atoms. The minimum absolute atomic E-state index is 0.555. The predicted molar refractivity (Wildman–Crippen MR) is 70.3 cm³/mol. The van der Waals surface area contributed by atoms with Crippen molar-refractivity contribution in [2.24, 2.45) is 7.05 Å². The van der Waals surface area contributed by atoms with Crippen LogP contribution in [0.2, 0.25) is 5.02 Å². The molecule has 1 aliphatic rings. The normalized spacial score (nSPS) is 22.0. The zero-order chi connectivity index (χ0) is 12.4. The van der Waals surface area contributed by atoms with Crippen LogP contribution in [0.15, 0.2) is 0 Å². The average Bonchev–Trinajstić information content (AvgIpc) is 2.59. The van der Waals surface area contributed by atoms with Crippen molar-refractivity contribution in [2.75, 3.05) is 19.6 Å². The third kappa shape index (κ3) is 2.64. The maximum absolute atomic E-state index is 6.37. The largest absolute Gasteiger partial charge is 0.314 e. The van der Waals surface area contributed by atoms with E-state index in [0.29, 0.717) is 6.04 Å². The summed E-state index contributed by atoms with van der Waals surface area (Å²) in [6.45, 7) is 8.41. The van der Waals surface area contributed by atoms with E-state index in [1.807, 2.05) is 11.7 Å². The van der Waals surface area contributed by atoms with E-state index in [4.69, 9.17) is 11.6 Å². The zero-order valence-electron chi connectivity index (χ0n) is 10.8. The van der Waals surface area contributed by atoms with Crippen LogP contribution in [0.1, 0.15) is 25.2 Å². The Morgan fingerprint density at radius 2 is 2.29 bits per heavy atom. The minimum atomic E-state index is 0.555. The molecule has 4 nitrogen and oxygen atoms in total. The van der Waals surface area contributed by atoms with Crippen molar-refractivity contribution in [1.82, 2.24) is 20.0 Å². The third-order valence-electron chi connectivity index (χ3n) is 3.49. The van der Waals surface area contributed by atoms with Crippen molar-refractivity contribution in [3.05, 3.63) is 16.4 Å². The SMILES string of the molecule is CCc1nn(C)c(CN2CCNCC2C)c1Cl. The molecule has 0 saturated carbocycles. The number of aromatic nitrogens is 2. The summed E-state index contributed by atoms with van der Waals surface area (Å²) in [5.74, 6) is 0. The molecule has 1 unspecified atom stereocenters. The predicted octanol–water partition coefficient (Wildman–Crippen LogP) is 1.43. The first-order valence-electron chi connectivity index (χ1n) is 6.28. The molecule has 0 aromatic carbocycles. The lowest BCUT2D eigenvalue weighted by atomic mass is 10.2. The van der Waals surface area contributed by atoms with Gasteiger partial charge in [0, 0.05) is 39.3 Å². The molecular formula is C12H21ClN4. The van der Waals surface area contributed by atoms with E-state index >= 15 is 0 Å². The van der Waals surface area contributed by atoms with Gasteiger partial charge < -0.3 is 5.32 Å². The van der Waals surface area contributed by atoms with Gasteiger partial charge in [0.25, 0.3) is 0 Å². The summed E-state index contributed by atoms with van der Waals surface area (Å²) >= 11 is 6.37. The highest BCUT2D eigenvalue weighted by atomic mass is 35.5. The van der Waals surface area contributed by atoms with Crippen molar-refractivity contribution in [1.29, 1.82) is 0 Å². The first kappa shape index (κ1) is 12.9. The van der Waals surface area contributed by atoms with Crippen LogP contribution in [0.5, 0.6) is 0 Å². The maximum atomic E-state index is 6.37. The fourth-order valence-electron chi connectivity index (χ4n) is 2.30. The van der Waals surface area contributed by atoms with Gasteiger partial charge in [-0.3, -0.25) is 9.58 Å². The lowest BCUT2D eigenvalue weighted by molar-refractivity contribution is 0.162. The quantitative estimate of drug-likeness (QED) is 0.888. The number of piperazine rings is 1. The van der Waals surface area contributed by atoms with Gasteiger partial charge in [0.15, 0.2) is 0 Å². The van der Waals surface area contributed by atoms with Crippen LogP contribution in [0, 0.1) is 0 Å². The van der Waals surface area contributed by atoms with Crippen LogP contribution in [-0.2, 0) is 20.0 Å². The minimum Gasteiger partial charge on any atom is -0.314 e. The van der Waals surface area contributed by atoms with E-state index in [1.54, 1.807) is 0 Å². The van der Waals surface area contributed by atoms with Gasteiger partial charge in [0.05, 0.1) is 16.4 Å². The number of hydrogen-bond donors (Lipinski definition) is 1. The second-order valence-electron chi connectivity index (χ2n) is 4.71. The molecule has 1 aliphatic heterocycles. The number of rotatable bonds is 3. The molecule has 1 N–H and O–H groups in total. The van der Waals surface area contributed by atoms with Gasteiger partial charge in [-0.25, -0.2) is 0 Å². The summed E-state index contributed by atoms with van der Waals surface area (Å²) in [5, 5.41) is 8.71. The van der Waals surface area contributed by atoms with Crippen LogP contribution >= 0.6 is 11.6 Å². The Hall–Kier alpha value is -0.580. The molecule has 1 aromatic heterocycles. The summed E-state index contributed by atoms with van der Waals surface area (Å²) in [6.07, 6.45) is 0.893. The monoisotopic (exact) mass is 256 g/mol. The van der Waals surface area contributed by atoms with Gasteiger partial charge >= 0.3 is 0 Å². The second-order valence-corrected chi connectivity index (χ2v) is 5.09. The Kier molecular flexibility index (Phi) is 4.07. The molecule has 17 heavy (non-hydrogen) atoms. The molecule has 0 spiro atoms. The maximum Gasteiger partial charge on any atom is 0.0863 e. The number of aryl methyl sites for hydroxylation is 2. The molecule has 96 valence electrons. The summed E-state index contributed by atoms with van der Waals surface area (Å²) in [4.78, 5) is 2.46. The van der Waals surface area contributed by atoms with E-state index < -0.39 is 0 Å². The Balaban J connectivity index is 2.14. The lowest BCUT2D eigenvalue weighted by Gasteiger charge is -2.33. The fourth-order valence-corrected chi connectivity index (χ4v) is 2.66. The molecule has 0 aliphatic carbocycles. The van der Waals surface area contributed by atoms with Gasteiger partial charge in [-0.05, 0) is 13.3 Å². The van der Waals surface area contributed by atoms with E-state index in [1.165, 1.54) is 0 Å². The van der Waals surface area contributed by atoms with Crippen LogP contribution < -0.4 is 5.32 Å². The number of nitrogens with one attached hydrogen (secondary N) is 1. The topological polar surface area (TPSA) is 33.1 Å². The third-order valence-corrected chi connectivity index (χ3v) is 3.93. The van der Waals surface area contributed by atoms with Crippen LogP contribution in [0.25, 0.3) is 0 Å². The van der Waals surface area contributed by atoms with E-state index in [-0.39, 0.29) is 0 Å². The second kappa shape index (κ2) is 5.38. The van der Waals surface area contributed by atoms with Crippen LogP contribution in [-0.4, -0.2) is 40.4 Å². The lowest BCUT2D eigenvalue weighted by Crippen LogP contribution is -2.49. The van der Waals surface area contributed by atoms with Crippen LogP contribution in [0.3, 0.4) is 0 Å². The number of hydrogen-bond acceptors (Lipinski definition) is 3. The number of halogens is 1. The van der Waals surface area contributed by atoms with Crippen molar-refractivity contribution < 1.29 is 0 Å². The molecule has 2 rings (SSSR count). The Bertz CT molecular complexity index is 388. The average molecular weight is 257 g/mol. The van der Waals surface area contributed by atoms with E-state index in [0.717, 1.165) is 49.0 Å². The van der Waals surface area contributed by atoms with Gasteiger partial charge in [-0.2, -0.15) is 5.10 Å². The molecule has 1 fully saturated rings. The van der Waals surface area contributed by atoms with Crippen molar-refractivity contribution in [3.8, 4) is 0 Å². The Morgan fingerprint density at radius 3 is 2.88 bits per heavy atom. The molecule has 5 heteroatoms. The first-order chi connectivity index (χ1) is 8.13. The molecule has 1 saturated heterocycles. The Morgan fingerprint density at radius 1 is 1.53 bits per heavy atom. The van der Waals surface area contributed by atoms with Crippen LogP contribution in [0.4, 0.5) is 0 Å².